The average Bonchev–Trinajstić information content (AvgIpc) is 2.98. The minimum atomic E-state index is 0.610. The zero-order valence-electron chi connectivity index (χ0n) is 10.1. The van der Waals surface area contributed by atoms with E-state index in [1.807, 2.05) is 30.5 Å². The Hall–Kier alpha value is -1.29. The molecule has 3 rings (SSSR count). The van der Waals surface area contributed by atoms with Crippen molar-refractivity contribution in [1.82, 2.24) is 9.97 Å². The largest absolute Gasteiger partial charge is 0.342 e. The van der Waals surface area contributed by atoms with Crippen LogP contribution in [0.2, 0.25) is 10.0 Å². The molecule has 0 bridgehead atoms. The summed E-state index contributed by atoms with van der Waals surface area (Å²) in [6.07, 6.45) is 0. The van der Waals surface area contributed by atoms with E-state index in [0.717, 1.165) is 28.3 Å². The first-order valence-electron chi connectivity index (χ1n) is 5.70. The number of hydrogen-bond donors (Lipinski definition) is 1. The maximum absolute atomic E-state index is 6.23. The summed E-state index contributed by atoms with van der Waals surface area (Å²) in [5.74, 6) is 0.861. The summed E-state index contributed by atoms with van der Waals surface area (Å²) >= 11 is 13.8. The van der Waals surface area contributed by atoms with Crippen molar-refractivity contribution in [2.75, 3.05) is 0 Å². The van der Waals surface area contributed by atoms with E-state index in [1.54, 1.807) is 17.4 Å². The van der Waals surface area contributed by atoms with E-state index >= 15 is 0 Å². The Morgan fingerprint density at radius 2 is 2.05 bits per heavy atom. The molecule has 0 saturated carbocycles. The van der Waals surface area contributed by atoms with E-state index in [0.29, 0.717) is 10.0 Å². The van der Waals surface area contributed by atoms with Gasteiger partial charge >= 0.3 is 0 Å². The van der Waals surface area contributed by atoms with Crippen molar-refractivity contribution >= 4 is 34.5 Å². The Labute approximate surface area is 125 Å². The minimum absolute atomic E-state index is 0.610. The molecular weight excluding hydrogens is 299 g/mol. The third-order valence-corrected chi connectivity index (χ3v) is 4.10. The molecule has 0 amide bonds. The van der Waals surface area contributed by atoms with Gasteiger partial charge in [0.05, 0.1) is 10.7 Å². The molecule has 0 aliphatic heterocycles. The average molecular weight is 309 g/mol. The number of halogens is 2. The minimum Gasteiger partial charge on any atom is -0.342 e. The van der Waals surface area contributed by atoms with Crippen LogP contribution in [0.3, 0.4) is 0 Å². The monoisotopic (exact) mass is 308 g/mol. The second-order valence-electron chi connectivity index (χ2n) is 4.20. The molecule has 2 aromatic heterocycles. The highest BCUT2D eigenvalue weighted by Crippen LogP contribution is 2.32. The Balaban J connectivity index is 2.11. The van der Waals surface area contributed by atoms with Gasteiger partial charge in [-0.25, -0.2) is 4.98 Å². The van der Waals surface area contributed by atoms with Crippen LogP contribution < -0.4 is 0 Å². The summed E-state index contributed by atoms with van der Waals surface area (Å²) < 4.78 is 0. The normalized spacial score (nSPS) is 10.9. The molecule has 5 heteroatoms. The van der Waals surface area contributed by atoms with Gasteiger partial charge < -0.3 is 4.98 Å². The van der Waals surface area contributed by atoms with Crippen LogP contribution >= 0.6 is 34.5 Å². The van der Waals surface area contributed by atoms with E-state index in [-0.39, 0.29) is 0 Å². The van der Waals surface area contributed by atoms with Crippen molar-refractivity contribution in [2.45, 2.75) is 6.92 Å². The lowest BCUT2D eigenvalue weighted by Gasteiger charge is -2.02. The lowest BCUT2D eigenvalue weighted by molar-refractivity contribution is 1.26. The number of imidazole rings is 1. The topological polar surface area (TPSA) is 28.7 Å². The summed E-state index contributed by atoms with van der Waals surface area (Å²) in [5, 5.41) is 5.33. The van der Waals surface area contributed by atoms with Crippen molar-refractivity contribution in [3.63, 3.8) is 0 Å². The third-order valence-electron chi connectivity index (χ3n) is 2.87. The molecule has 0 aliphatic carbocycles. The molecule has 1 aromatic carbocycles. The number of nitrogens with one attached hydrogen (secondary N) is 1. The molecule has 0 fully saturated rings. The molecule has 0 saturated heterocycles. The van der Waals surface area contributed by atoms with E-state index in [1.165, 1.54) is 0 Å². The lowest BCUT2D eigenvalue weighted by atomic mass is 10.1. The smallest absolute Gasteiger partial charge is 0.139 e. The number of H-pyrrole nitrogens is 1. The highest BCUT2D eigenvalue weighted by molar-refractivity contribution is 7.08. The second kappa shape index (κ2) is 5.00. The second-order valence-corrected chi connectivity index (χ2v) is 5.82. The van der Waals surface area contributed by atoms with Gasteiger partial charge in [0.15, 0.2) is 0 Å². The number of hydrogen-bond acceptors (Lipinski definition) is 2. The molecular formula is C14H10Cl2N2S. The first-order chi connectivity index (χ1) is 9.15. The van der Waals surface area contributed by atoms with Crippen LogP contribution in [0.5, 0.6) is 0 Å². The predicted octanol–water partition coefficient (Wildman–Crippen LogP) is 5.42. The Bertz CT molecular complexity index is 717. The Morgan fingerprint density at radius 1 is 1.21 bits per heavy atom. The van der Waals surface area contributed by atoms with Crippen LogP contribution in [-0.4, -0.2) is 9.97 Å². The SMILES string of the molecule is Cc1[nH]c(-c2ccsc2)nc1-c1ccc(Cl)cc1Cl. The molecule has 3 aromatic rings. The molecule has 2 heterocycles. The Morgan fingerprint density at radius 3 is 2.74 bits per heavy atom. The highest BCUT2D eigenvalue weighted by Gasteiger charge is 2.13. The van der Waals surface area contributed by atoms with Gasteiger partial charge in [0.2, 0.25) is 0 Å². The fourth-order valence-electron chi connectivity index (χ4n) is 1.94. The molecule has 96 valence electrons. The molecule has 2 nitrogen and oxygen atoms in total. The van der Waals surface area contributed by atoms with Gasteiger partial charge in [-0.1, -0.05) is 23.2 Å². The molecule has 0 spiro atoms. The molecule has 0 unspecified atom stereocenters. The lowest BCUT2D eigenvalue weighted by Crippen LogP contribution is -1.83. The van der Waals surface area contributed by atoms with Crippen molar-refractivity contribution in [1.29, 1.82) is 0 Å². The summed E-state index contributed by atoms with van der Waals surface area (Å²) in [6, 6.07) is 7.49. The van der Waals surface area contributed by atoms with Crippen LogP contribution in [-0.2, 0) is 0 Å². The number of nitrogens with zero attached hydrogens (tertiary/aromatic N) is 1. The van der Waals surface area contributed by atoms with Gasteiger partial charge in [-0.15, -0.1) is 0 Å². The number of aromatic amines is 1. The molecule has 0 aliphatic rings. The van der Waals surface area contributed by atoms with Crippen molar-refractivity contribution < 1.29 is 0 Å². The molecule has 19 heavy (non-hydrogen) atoms. The predicted molar refractivity (Wildman–Crippen MR) is 82.1 cm³/mol. The fourth-order valence-corrected chi connectivity index (χ4v) is 3.08. The molecule has 0 atom stereocenters. The van der Waals surface area contributed by atoms with Gasteiger partial charge in [-0.05, 0) is 36.6 Å². The molecule has 0 radical (unpaired) electrons. The van der Waals surface area contributed by atoms with E-state index < -0.39 is 0 Å². The summed E-state index contributed by atoms with van der Waals surface area (Å²) in [7, 11) is 0. The number of aromatic nitrogens is 2. The van der Waals surface area contributed by atoms with Crippen LogP contribution in [0.1, 0.15) is 5.69 Å². The zero-order valence-corrected chi connectivity index (χ0v) is 12.4. The fraction of sp³-hybridized carbons (Fsp3) is 0.0714. The number of thiophene rings is 1. The van der Waals surface area contributed by atoms with Gasteiger partial charge in [-0.3, -0.25) is 0 Å². The maximum Gasteiger partial charge on any atom is 0.139 e. The van der Waals surface area contributed by atoms with Crippen molar-refractivity contribution in [2.24, 2.45) is 0 Å². The third kappa shape index (κ3) is 2.41. The highest BCUT2D eigenvalue weighted by atomic mass is 35.5. The van der Waals surface area contributed by atoms with Gasteiger partial charge in [0.25, 0.3) is 0 Å². The van der Waals surface area contributed by atoms with Crippen molar-refractivity contribution in [3.05, 3.63) is 50.8 Å². The maximum atomic E-state index is 6.23. The number of benzene rings is 1. The van der Waals surface area contributed by atoms with E-state index in [4.69, 9.17) is 23.2 Å². The van der Waals surface area contributed by atoms with E-state index in [9.17, 15) is 0 Å². The van der Waals surface area contributed by atoms with E-state index in [2.05, 4.69) is 15.3 Å². The number of aryl methyl sites for hydroxylation is 1. The Kier molecular flexibility index (Phi) is 3.35. The van der Waals surface area contributed by atoms with Crippen LogP contribution in [0.25, 0.3) is 22.6 Å². The van der Waals surface area contributed by atoms with Gasteiger partial charge in [0, 0.05) is 27.2 Å². The van der Waals surface area contributed by atoms with Gasteiger partial charge in [0.1, 0.15) is 5.82 Å². The van der Waals surface area contributed by atoms with Crippen molar-refractivity contribution in [3.8, 4) is 22.6 Å². The molecule has 1 N–H and O–H groups in total. The summed E-state index contributed by atoms with van der Waals surface area (Å²) in [6.45, 7) is 1.99. The zero-order chi connectivity index (χ0) is 13.4. The quantitative estimate of drug-likeness (QED) is 0.672. The number of rotatable bonds is 2. The summed E-state index contributed by atoms with van der Waals surface area (Å²) in [4.78, 5) is 7.93. The van der Waals surface area contributed by atoms with Crippen LogP contribution in [0.4, 0.5) is 0 Å². The standard InChI is InChI=1S/C14H10Cl2N2S/c1-8-13(11-3-2-10(15)6-12(11)16)18-14(17-8)9-4-5-19-7-9/h2-7H,1H3,(H,17,18). The first-order valence-corrected chi connectivity index (χ1v) is 7.39. The first kappa shape index (κ1) is 12.7. The summed E-state index contributed by atoms with van der Waals surface area (Å²) in [5.41, 5.74) is 3.83. The van der Waals surface area contributed by atoms with Crippen LogP contribution in [0.15, 0.2) is 35.0 Å². The van der Waals surface area contributed by atoms with Crippen LogP contribution in [0, 0.1) is 6.92 Å². The van der Waals surface area contributed by atoms with Gasteiger partial charge in [-0.2, -0.15) is 11.3 Å².